The molecule has 1 aliphatic carbocycles. The quantitative estimate of drug-likeness (QED) is 0.362. The van der Waals surface area contributed by atoms with Gasteiger partial charge in [0, 0.05) is 11.3 Å². The van der Waals surface area contributed by atoms with Crippen molar-refractivity contribution in [2.75, 3.05) is 12.4 Å². The van der Waals surface area contributed by atoms with Crippen LogP contribution >= 0.6 is 12.6 Å². The Hall–Kier alpha value is -2.71. The molecule has 0 heterocycles. The summed E-state index contributed by atoms with van der Waals surface area (Å²) >= 11 is 4.31. The largest absolute Gasteiger partial charge is 0.492 e. The Labute approximate surface area is 165 Å². The van der Waals surface area contributed by atoms with Gasteiger partial charge in [-0.2, -0.15) is 12.6 Å². The third kappa shape index (κ3) is 2.81. The van der Waals surface area contributed by atoms with E-state index in [9.17, 15) is 0 Å². The van der Waals surface area contributed by atoms with Gasteiger partial charge in [-0.25, -0.2) is 0 Å². The summed E-state index contributed by atoms with van der Waals surface area (Å²) in [4.78, 5) is 0. The summed E-state index contributed by atoms with van der Waals surface area (Å²) in [5.41, 5.74) is 7.88. The van der Waals surface area contributed by atoms with Crippen LogP contribution in [-0.4, -0.2) is 12.4 Å². The van der Waals surface area contributed by atoms with Crippen molar-refractivity contribution >= 4 is 23.4 Å². The van der Waals surface area contributed by atoms with Gasteiger partial charge in [0.15, 0.2) is 0 Å². The summed E-state index contributed by atoms with van der Waals surface area (Å²) in [7, 11) is 0. The first-order chi connectivity index (χ1) is 13.3. The molecule has 0 aromatic heterocycles. The Bertz CT molecular complexity index is 1150. The van der Waals surface area contributed by atoms with Crippen molar-refractivity contribution in [2.45, 2.75) is 6.42 Å². The Morgan fingerprint density at radius 3 is 2.52 bits per heavy atom. The Balaban J connectivity index is 1.73. The maximum Gasteiger partial charge on any atom is 0.127 e. The highest BCUT2D eigenvalue weighted by Gasteiger charge is 2.20. The second-order valence-corrected chi connectivity index (χ2v) is 7.38. The van der Waals surface area contributed by atoms with E-state index in [0.717, 1.165) is 12.2 Å². The average molecular weight is 369 g/mol. The van der Waals surface area contributed by atoms with E-state index in [-0.39, 0.29) is 0 Å². The molecule has 0 saturated carbocycles. The third-order valence-electron chi connectivity index (χ3n) is 5.33. The van der Waals surface area contributed by atoms with Crippen LogP contribution in [0.2, 0.25) is 0 Å². The van der Waals surface area contributed by atoms with Gasteiger partial charge in [0.1, 0.15) is 5.75 Å². The van der Waals surface area contributed by atoms with Crippen LogP contribution in [0, 0.1) is 0 Å². The van der Waals surface area contributed by atoms with E-state index in [1.165, 1.54) is 44.2 Å². The first kappa shape index (κ1) is 16.5. The molecule has 0 fully saturated rings. The molecule has 27 heavy (non-hydrogen) atoms. The molecule has 1 nitrogen and oxygen atoms in total. The lowest BCUT2D eigenvalue weighted by molar-refractivity contribution is 0.346. The monoisotopic (exact) mass is 368 g/mol. The molecular weight excluding hydrogens is 348 g/mol. The molecule has 0 unspecified atom stereocenters. The fraction of sp³-hybridized carbons (Fsp3) is 0.120. The molecule has 0 aliphatic heterocycles. The topological polar surface area (TPSA) is 9.23 Å². The Kier molecular flexibility index (Phi) is 4.14. The van der Waals surface area contributed by atoms with Gasteiger partial charge >= 0.3 is 0 Å². The predicted molar refractivity (Wildman–Crippen MR) is 117 cm³/mol. The van der Waals surface area contributed by atoms with Gasteiger partial charge in [-0.15, -0.1) is 0 Å². The molecule has 0 radical (unpaired) electrons. The minimum absolute atomic E-state index is 0.599. The van der Waals surface area contributed by atoms with Crippen molar-refractivity contribution in [3.63, 3.8) is 0 Å². The van der Waals surface area contributed by atoms with Crippen LogP contribution in [0.1, 0.15) is 11.1 Å². The molecule has 5 rings (SSSR count). The molecule has 0 saturated heterocycles. The summed E-state index contributed by atoms with van der Waals surface area (Å²) < 4.78 is 6.06. The lowest BCUT2D eigenvalue weighted by atomic mass is 9.94. The van der Waals surface area contributed by atoms with Crippen molar-refractivity contribution in [1.82, 2.24) is 0 Å². The number of ether oxygens (including phenoxy) is 1. The second kappa shape index (κ2) is 6.79. The van der Waals surface area contributed by atoms with E-state index >= 15 is 0 Å². The van der Waals surface area contributed by atoms with Gasteiger partial charge in [-0.05, 0) is 57.1 Å². The smallest absolute Gasteiger partial charge is 0.127 e. The maximum absolute atomic E-state index is 6.06. The zero-order chi connectivity index (χ0) is 18.2. The van der Waals surface area contributed by atoms with E-state index in [1.807, 2.05) is 0 Å². The minimum atomic E-state index is 0.599. The van der Waals surface area contributed by atoms with Gasteiger partial charge in [-0.3, -0.25) is 0 Å². The van der Waals surface area contributed by atoms with Crippen LogP contribution in [0.15, 0.2) is 78.9 Å². The Morgan fingerprint density at radius 2 is 1.59 bits per heavy atom. The zero-order valence-corrected chi connectivity index (χ0v) is 15.9. The van der Waals surface area contributed by atoms with Crippen LogP contribution < -0.4 is 4.74 Å². The molecule has 2 heteroatoms. The first-order valence-electron chi connectivity index (χ1n) is 9.32. The van der Waals surface area contributed by atoms with E-state index in [4.69, 9.17) is 4.74 Å². The summed E-state index contributed by atoms with van der Waals surface area (Å²) in [6.07, 6.45) is 1.02. The van der Waals surface area contributed by atoms with Gasteiger partial charge in [0.25, 0.3) is 0 Å². The summed E-state index contributed by atoms with van der Waals surface area (Å²) in [5, 5.41) is 2.45. The highest BCUT2D eigenvalue weighted by molar-refractivity contribution is 7.80. The van der Waals surface area contributed by atoms with Gasteiger partial charge < -0.3 is 4.74 Å². The van der Waals surface area contributed by atoms with E-state index in [1.54, 1.807) is 0 Å². The van der Waals surface area contributed by atoms with Gasteiger partial charge in [0.05, 0.1) is 6.61 Å². The molecule has 0 spiro atoms. The van der Waals surface area contributed by atoms with Crippen LogP contribution in [0.4, 0.5) is 0 Å². The molecule has 0 amide bonds. The molecule has 132 valence electrons. The number of hydrogen-bond acceptors (Lipinski definition) is 2. The SMILES string of the molecule is SCCOc1ccc2ccccc2c1-c1ccc2c(c1)-c1ccccc1C2. The standard InChI is InChI=1S/C25H20OS/c27-14-13-26-24-12-11-17-5-1-4-8-22(17)25(24)20-10-9-19-15-18-6-2-3-7-21(18)23(19)16-20/h1-12,16,27H,13-15H2. The fourth-order valence-corrected chi connectivity index (χ4v) is 4.20. The highest BCUT2D eigenvalue weighted by atomic mass is 32.1. The molecule has 0 bridgehead atoms. The van der Waals surface area contributed by atoms with Crippen molar-refractivity contribution in [1.29, 1.82) is 0 Å². The lowest BCUT2D eigenvalue weighted by Gasteiger charge is -2.15. The van der Waals surface area contributed by atoms with E-state index < -0.39 is 0 Å². The van der Waals surface area contributed by atoms with Crippen LogP contribution in [0.25, 0.3) is 33.0 Å². The normalized spacial score (nSPS) is 12.0. The number of rotatable bonds is 4. The third-order valence-corrected chi connectivity index (χ3v) is 5.51. The predicted octanol–water partition coefficient (Wildman–Crippen LogP) is 6.39. The first-order valence-corrected chi connectivity index (χ1v) is 9.95. The van der Waals surface area contributed by atoms with Crippen molar-refractivity contribution in [2.24, 2.45) is 0 Å². The second-order valence-electron chi connectivity index (χ2n) is 6.94. The molecule has 0 atom stereocenters. The molecule has 4 aromatic rings. The zero-order valence-electron chi connectivity index (χ0n) is 15.0. The molecular formula is C25H20OS. The maximum atomic E-state index is 6.06. The number of thiol groups is 1. The van der Waals surface area contributed by atoms with Crippen molar-refractivity contribution < 1.29 is 4.74 Å². The number of hydrogen-bond donors (Lipinski definition) is 1. The summed E-state index contributed by atoms with van der Waals surface area (Å²) in [6.45, 7) is 0.599. The van der Waals surface area contributed by atoms with Gasteiger partial charge in [0.2, 0.25) is 0 Å². The van der Waals surface area contributed by atoms with E-state index in [0.29, 0.717) is 12.4 Å². The summed E-state index contributed by atoms with van der Waals surface area (Å²) in [6, 6.07) is 28.3. The molecule has 4 aromatic carbocycles. The number of fused-ring (bicyclic) bond motifs is 4. The van der Waals surface area contributed by atoms with Crippen LogP contribution in [0.3, 0.4) is 0 Å². The molecule has 0 N–H and O–H groups in total. The van der Waals surface area contributed by atoms with Crippen molar-refractivity contribution in [3.05, 3.63) is 90.0 Å². The molecule has 1 aliphatic rings. The van der Waals surface area contributed by atoms with E-state index in [2.05, 4.69) is 91.5 Å². The van der Waals surface area contributed by atoms with Crippen molar-refractivity contribution in [3.8, 4) is 28.0 Å². The fourth-order valence-electron chi connectivity index (χ4n) is 4.10. The highest BCUT2D eigenvalue weighted by Crippen LogP contribution is 2.42. The van der Waals surface area contributed by atoms with Crippen LogP contribution in [0.5, 0.6) is 5.75 Å². The minimum Gasteiger partial charge on any atom is -0.492 e. The van der Waals surface area contributed by atoms with Gasteiger partial charge in [-0.1, -0.05) is 66.7 Å². The Morgan fingerprint density at radius 1 is 0.778 bits per heavy atom. The van der Waals surface area contributed by atoms with Crippen LogP contribution in [-0.2, 0) is 6.42 Å². The summed E-state index contributed by atoms with van der Waals surface area (Å²) in [5.74, 6) is 1.62. The average Bonchev–Trinajstić information content (AvgIpc) is 3.09. The number of benzene rings is 4. The lowest BCUT2D eigenvalue weighted by Crippen LogP contribution is -2.00.